The van der Waals surface area contributed by atoms with E-state index in [1.54, 1.807) is 0 Å². The van der Waals surface area contributed by atoms with Crippen LogP contribution in [0.3, 0.4) is 0 Å². The Morgan fingerprint density at radius 3 is 1.97 bits per heavy atom. The lowest BCUT2D eigenvalue weighted by atomic mass is 9.78. The Bertz CT molecular complexity index is 730. The van der Waals surface area contributed by atoms with Gasteiger partial charge in [0.15, 0.2) is 0 Å². The molecule has 0 saturated heterocycles. The van der Waals surface area contributed by atoms with E-state index in [1.165, 1.54) is 24.0 Å². The molecule has 0 amide bonds. The van der Waals surface area contributed by atoms with Crippen molar-refractivity contribution in [3.8, 4) is 5.75 Å². The van der Waals surface area contributed by atoms with Gasteiger partial charge in [-0.1, -0.05) is 69.7 Å². The van der Waals surface area contributed by atoms with Gasteiger partial charge in [0, 0.05) is 12.0 Å². The Labute approximate surface area is 172 Å². The van der Waals surface area contributed by atoms with E-state index < -0.39 is 11.9 Å². The lowest BCUT2D eigenvalue weighted by Gasteiger charge is -2.26. The first-order valence-electron chi connectivity index (χ1n) is 9.74. The maximum atomic E-state index is 9.10. The molecule has 2 rings (SSSR count). The van der Waals surface area contributed by atoms with E-state index in [4.69, 9.17) is 24.5 Å². The number of hydrogen-bond donors (Lipinski definition) is 3. The van der Waals surface area contributed by atoms with Gasteiger partial charge in [-0.15, -0.1) is 0 Å². The highest BCUT2D eigenvalue weighted by Gasteiger charge is 2.22. The first-order valence-corrected chi connectivity index (χ1v) is 9.74. The summed E-state index contributed by atoms with van der Waals surface area (Å²) in [7, 11) is 0. The van der Waals surface area contributed by atoms with Crippen molar-refractivity contribution in [3.05, 3.63) is 65.7 Å². The zero-order valence-corrected chi connectivity index (χ0v) is 17.4. The molecule has 0 atom stereocenters. The van der Waals surface area contributed by atoms with E-state index in [0.717, 1.165) is 18.8 Å². The van der Waals surface area contributed by atoms with E-state index in [-0.39, 0.29) is 5.41 Å². The van der Waals surface area contributed by atoms with Crippen molar-refractivity contribution < 1.29 is 24.5 Å². The molecule has 0 unspecified atom stereocenters. The minimum absolute atomic E-state index is 0.00149. The lowest BCUT2D eigenvalue weighted by molar-refractivity contribution is -0.159. The summed E-state index contributed by atoms with van der Waals surface area (Å²) in [5, 5.41) is 18.2. The molecule has 0 aliphatic rings. The number of unbranched alkanes of at least 4 members (excludes halogenated alkanes) is 1. The van der Waals surface area contributed by atoms with Gasteiger partial charge >= 0.3 is 11.9 Å². The number of aliphatic carboxylic acids is 2. The summed E-state index contributed by atoms with van der Waals surface area (Å²) in [6.45, 7) is 9.41. The summed E-state index contributed by atoms with van der Waals surface area (Å²) < 4.78 is 5.80. The van der Waals surface area contributed by atoms with Crippen molar-refractivity contribution in [2.75, 3.05) is 19.7 Å². The molecule has 2 aromatic carbocycles. The Morgan fingerprint density at radius 2 is 1.45 bits per heavy atom. The van der Waals surface area contributed by atoms with Gasteiger partial charge in [-0.25, -0.2) is 9.59 Å². The van der Waals surface area contributed by atoms with E-state index in [1.807, 2.05) is 0 Å². The minimum atomic E-state index is -1.82. The topological polar surface area (TPSA) is 95.9 Å². The zero-order valence-electron chi connectivity index (χ0n) is 17.4. The van der Waals surface area contributed by atoms with E-state index in [2.05, 4.69) is 80.7 Å². The third-order valence-electron chi connectivity index (χ3n) is 4.51. The van der Waals surface area contributed by atoms with Gasteiger partial charge in [0.2, 0.25) is 0 Å². The minimum Gasteiger partial charge on any atom is -0.492 e. The van der Waals surface area contributed by atoms with Gasteiger partial charge in [0.05, 0.1) is 0 Å². The first kappa shape index (κ1) is 24.2. The standard InChI is InChI=1S/C21H29NO.C2H2O4/c1-4-5-15-22-16-17-23-20-13-11-19(12-14-20)21(2,3)18-9-7-6-8-10-18;3-1(4)2(5)6/h6-14,22H,4-5,15-17H2,1-3H3;(H,3,4)(H,5,6). The van der Waals surface area contributed by atoms with Crippen molar-refractivity contribution >= 4 is 11.9 Å². The number of benzene rings is 2. The summed E-state index contributed by atoms with van der Waals surface area (Å²) in [6, 6.07) is 19.1. The summed E-state index contributed by atoms with van der Waals surface area (Å²) in [4.78, 5) is 18.2. The van der Waals surface area contributed by atoms with Crippen molar-refractivity contribution in [2.24, 2.45) is 0 Å². The molecule has 158 valence electrons. The summed E-state index contributed by atoms with van der Waals surface area (Å²) in [5.74, 6) is -2.71. The number of hydrogen-bond acceptors (Lipinski definition) is 4. The molecule has 0 fully saturated rings. The van der Waals surface area contributed by atoms with Gasteiger partial charge < -0.3 is 20.3 Å². The van der Waals surface area contributed by atoms with Gasteiger partial charge in [-0.3, -0.25) is 0 Å². The molecule has 3 N–H and O–H groups in total. The van der Waals surface area contributed by atoms with Gasteiger partial charge in [0.1, 0.15) is 12.4 Å². The average molecular weight is 402 g/mol. The molecule has 0 aliphatic heterocycles. The molecular formula is C23H31NO5. The number of nitrogens with one attached hydrogen (secondary N) is 1. The highest BCUT2D eigenvalue weighted by atomic mass is 16.5. The third kappa shape index (κ3) is 8.79. The third-order valence-corrected chi connectivity index (χ3v) is 4.51. The normalized spacial score (nSPS) is 10.6. The van der Waals surface area contributed by atoms with E-state index in [9.17, 15) is 0 Å². The molecular weight excluding hydrogens is 370 g/mol. The Hall–Kier alpha value is -2.86. The molecule has 0 bridgehead atoms. The second-order valence-electron chi connectivity index (χ2n) is 7.08. The van der Waals surface area contributed by atoms with E-state index in [0.29, 0.717) is 6.61 Å². The second kappa shape index (κ2) is 12.6. The SMILES string of the molecule is CCCCNCCOc1ccc(C(C)(C)c2ccccc2)cc1.O=C(O)C(=O)O. The predicted octanol–water partition coefficient (Wildman–Crippen LogP) is 3.94. The van der Waals surface area contributed by atoms with Crippen LogP contribution < -0.4 is 10.1 Å². The van der Waals surface area contributed by atoms with Crippen LogP contribution >= 0.6 is 0 Å². The first-order chi connectivity index (χ1) is 13.8. The molecule has 6 heteroatoms. The Morgan fingerprint density at radius 1 is 0.897 bits per heavy atom. The van der Waals surface area contributed by atoms with Crippen LogP contribution in [0.25, 0.3) is 0 Å². The molecule has 0 aliphatic carbocycles. The Balaban J connectivity index is 0.000000612. The molecule has 0 spiro atoms. The smallest absolute Gasteiger partial charge is 0.414 e. The van der Waals surface area contributed by atoms with Crippen LogP contribution in [0.1, 0.15) is 44.7 Å². The second-order valence-corrected chi connectivity index (χ2v) is 7.08. The van der Waals surface area contributed by atoms with Crippen LogP contribution in [0.4, 0.5) is 0 Å². The quantitative estimate of drug-likeness (QED) is 0.435. The maximum Gasteiger partial charge on any atom is 0.414 e. The van der Waals surface area contributed by atoms with Crippen LogP contribution in [0.5, 0.6) is 5.75 Å². The van der Waals surface area contributed by atoms with Crippen molar-refractivity contribution in [1.29, 1.82) is 0 Å². The summed E-state index contributed by atoms with van der Waals surface area (Å²) >= 11 is 0. The Kier molecular flexibility index (Phi) is 10.5. The fourth-order valence-electron chi connectivity index (χ4n) is 2.66. The molecule has 0 saturated carbocycles. The van der Waals surface area contributed by atoms with Crippen LogP contribution in [-0.4, -0.2) is 41.8 Å². The van der Waals surface area contributed by atoms with Gasteiger partial charge in [-0.05, 0) is 36.2 Å². The monoisotopic (exact) mass is 401 g/mol. The average Bonchev–Trinajstić information content (AvgIpc) is 2.72. The lowest BCUT2D eigenvalue weighted by Crippen LogP contribution is -2.22. The molecule has 0 heterocycles. The summed E-state index contributed by atoms with van der Waals surface area (Å²) in [6.07, 6.45) is 2.45. The van der Waals surface area contributed by atoms with Crippen molar-refractivity contribution in [1.82, 2.24) is 5.32 Å². The number of carboxylic acid groups (broad SMARTS) is 2. The van der Waals surface area contributed by atoms with Crippen LogP contribution in [0.15, 0.2) is 54.6 Å². The number of carboxylic acids is 2. The van der Waals surface area contributed by atoms with Gasteiger partial charge in [0.25, 0.3) is 0 Å². The largest absolute Gasteiger partial charge is 0.492 e. The summed E-state index contributed by atoms with van der Waals surface area (Å²) in [5.41, 5.74) is 2.63. The van der Waals surface area contributed by atoms with E-state index >= 15 is 0 Å². The number of ether oxygens (including phenoxy) is 1. The molecule has 0 radical (unpaired) electrons. The van der Waals surface area contributed by atoms with Crippen LogP contribution in [-0.2, 0) is 15.0 Å². The zero-order chi connectivity index (χ0) is 21.7. The predicted molar refractivity (Wildman–Crippen MR) is 114 cm³/mol. The van der Waals surface area contributed by atoms with Crippen molar-refractivity contribution in [2.45, 2.75) is 39.0 Å². The maximum absolute atomic E-state index is 9.10. The highest BCUT2D eigenvalue weighted by Crippen LogP contribution is 2.32. The van der Waals surface area contributed by atoms with Crippen LogP contribution in [0, 0.1) is 0 Å². The van der Waals surface area contributed by atoms with Crippen molar-refractivity contribution in [3.63, 3.8) is 0 Å². The fraction of sp³-hybridized carbons (Fsp3) is 0.391. The number of rotatable bonds is 9. The number of carbonyl (C=O) groups is 2. The fourth-order valence-corrected chi connectivity index (χ4v) is 2.66. The molecule has 2 aromatic rings. The van der Waals surface area contributed by atoms with Crippen LogP contribution in [0.2, 0.25) is 0 Å². The molecule has 6 nitrogen and oxygen atoms in total. The molecule has 29 heavy (non-hydrogen) atoms. The molecule has 0 aromatic heterocycles. The van der Waals surface area contributed by atoms with Gasteiger partial charge in [-0.2, -0.15) is 0 Å². The highest BCUT2D eigenvalue weighted by molar-refractivity contribution is 6.27.